The van der Waals surface area contributed by atoms with Crippen molar-refractivity contribution in [3.05, 3.63) is 52.6 Å². The maximum Gasteiger partial charge on any atom is 0.298 e. The number of nitro benzene ring substituents is 1. The number of sulfonamides is 1. The molecule has 0 saturated carbocycles. The molecule has 0 amide bonds. The predicted octanol–water partition coefficient (Wildman–Crippen LogP) is 2.44. The second-order valence-corrected chi connectivity index (χ2v) is 8.52. The molecule has 0 aliphatic carbocycles. The van der Waals surface area contributed by atoms with Crippen LogP contribution in [0.3, 0.4) is 0 Å². The van der Waals surface area contributed by atoms with Crippen molar-refractivity contribution in [3.8, 4) is 0 Å². The number of likely N-dealkylation sites (N-methyl/N-ethyl adjacent to an activating group) is 2. The Morgan fingerprint density at radius 1 is 1.03 bits per heavy atom. The van der Waals surface area contributed by atoms with Crippen LogP contribution in [0.15, 0.2) is 57.6 Å². The van der Waals surface area contributed by atoms with Crippen LogP contribution in [-0.4, -0.2) is 67.8 Å². The average molecular weight is 452 g/mol. The molecule has 0 spiro atoms. The SMILES string of the molecule is CCN(CCO)c1ccc(/N=N/c2ccc(S(=O)(=O)N(C)CCO)cc2[N+](=O)[O-])cc1. The minimum Gasteiger partial charge on any atom is -0.395 e. The standard InChI is InChI=1S/C19H25N5O6S/c1-3-23(11-13-26)16-6-4-15(5-7-16)20-21-18-9-8-17(14-19(18)24(27)28)31(29,30)22(2)10-12-25/h4-9,14,25-26H,3,10-13H2,1-2H3/b21-20+. The fraction of sp³-hybridized carbons (Fsp3) is 0.368. The molecule has 11 nitrogen and oxygen atoms in total. The molecule has 0 aromatic heterocycles. The minimum atomic E-state index is -3.99. The molecule has 0 heterocycles. The van der Waals surface area contributed by atoms with E-state index in [1.54, 1.807) is 24.3 Å². The molecule has 0 atom stereocenters. The van der Waals surface area contributed by atoms with Crippen LogP contribution in [0.1, 0.15) is 6.92 Å². The Labute approximate surface area is 180 Å². The first-order valence-corrected chi connectivity index (χ1v) is 10.9. The summed E-state index contributed by atoms with van der Waals surface area (Å²) in [6.45, 7) is 2.69. The molecule has 2 aromatic rings. The summed E-state index contributed by atoms with van der Waals surface area (Å²) in [5, 5.41) is 37.4. The van der Waals surface area contributed by atoms with Crippen molar-refractivity contribution in [1.29, 1.82) is 0 Å². The van der Waals surface area contributed by atoms with Gasteiger partial charge in [0.1, 0.15) is 0 Å². The lowest BCUT2D eigenvalue weighted by molar-refractivity contribution is -0.384. The van der Waals surface area contributed by atoms with Crippen LogP contribution in [0.25, 0.3) is 0 Å². The molecule has 0 radical (unpaired) electrons. The Morgan fingerprint density at radius 2 is 1.68 bits per heavy atom. The molecule has 0 fully saturated rings. The zero-order chi connectivity index (χ0) is 23.0. The van der Waals surface area contributed by atoms with E-state index in [2.05, 4.69) is 10.2 Å². The Morgan fingerprint density at radius 3 is 2.23 bits per heavy atom. The van der Waals surface area contributed by atoms with Gasteiger partial charge in [0.05, 0.1) is 28.7 Å². The third-order valence-corrected chi connectivity index (χ3v) is 6.36. The van der Waals surface area contributed by atoms with Crippen LogP contribution in [0, 0.1) is 10.1 Å². The second kappa shape index (κ2) is 10.9. The fourth-order valence-electron chi connectivity index (χ4n) is 2.77. The summed E-state index contributed by atoms with van der Waals surface area (Å²) in [6, 6.07) is 10.3. The number of aliphatic hydroxyl groups is 2. The van der Waals surface area contributed by atoms with Gasteiger partial charge in [0.25, 0.3) is 5.69 Å². The summed E-state index contributed by atoms with van der Waals surface area (Å²) >= 11 is 0. The Balaban J connectivity index is 2.31. The topological polar surface area (TPSA) is 149 Å². The monoisotopic (exact) mass is 451 g/mol. The summed E-state index contributed by atoms with van der Waals surface area (Å²) in [6.07, 6.45) is 0. The van der Waals surface area contributed by atoms with E-state index in [4.69, 9.17) is 10.2 Å². The quantitative estimate of drug-likeness (QED) is 0.303. The Kier molecular flexibility index (Phi) is 8.56. The van der Waals surface area contributed by atoms with E-state index in [0.29, 0.717) is 12.2 Å². The normalized spacial score (nSPS) is 11.9. The zero-order valence-electron chi connectivity index (χ0n) is 17.2. The smallest absolute Gasteiger partial charge is 0.298 e. The van der Waals surface area contributed by atoms with Gasteiger partial charge >= 0.3 is 0 Å². The Hall–Kier alpha value is -2.93. The van der Waals surface area contributed by atoms with Crippen LogP contribution in [-0.2, 0) is 10.0 Å². The molecule has 168 valence electrons. The molecule has 2 rings (SSSR count). The highest BCUT2D eigenvalue weighted by Gasteiger charge is 2.25. The molecule has 0 aliphatic heterocycles. The van der Waals surface area contributed by atoms with E-state index in [1.807, 2.05) is 11.8 Å². The number of benzene rings is 2. The van der Waals surface area contributed by atoms with Crippen molar-refractivity contribution in [1.82, 2.24) is 4.31 Å². The minimum absolute atomic E-state index is 0.0282. The van der Waals surface area contributed by atoms with Crippen molar-refractivity contribution in [3.63, 3.8) is 0 Å². The lowest BCUT2D eigenvalue weighted by Crippen LogP contribution is -2.29. The molecule has 2 N–H and O–H groups in total. The van der Waals surface area contributed by atoms with Crippen LogP contribution < -0.4 is 4.90 Å². The lowest BCUT2D eigenvalue weighted by atomic mass is 10.2. The fourth-order valence-corrected chi connectivity index (χ4v) is 3.95. The number of nitrogens with zero attached hydrogens (tertiary/aromatic N) is 5. The van der Waals surface area contributed by atoms with Gasteiger partial charge in [0, 0.05) is 38.4 Å². The van der Waals surface area contributed by atoms with E-state index >= 15 is 0 Å². The molecule has 31 heavy (non-hydrogen) atoms. The first kappa shape index (κ1) is 24.3. The third-order valence-electron chi connectivity index (χ3n) is 4.51. The van der Waals surface area contributed by atoms with Crippen LogP contribution >= 0.6 is 0 Å². The number of anilines is 1. The van der Waals surface area contributed by atoms with Crippen molar-refractivity contribution in [2.24, 2.45) is 10.2 Å². The summed E-state index contributed by atoms with van der Waals surface area (Å²) < 4.78 is 25.8. The van der Waals surface area contributed by atoms with Gasteiger partial charge in [-0.1, -0.05) is 0 Å². The molecule has 0 saturated heterocycles. The number of aliphatic hydroxyl groups excluding tert-OH is 2. The highest BCUT2D eigenvalue weighted by molar-refractivity contribution is 7.89. The van der Waals surface area contributed by atoms with E-state index in [1.165, 1.54) is 19.2 Å². The van der Waals surface area contributed by atoms with Gasteiger partial charge in [0.2, 0.25) is 10.0 Å². The van der Waals surface area contributed by atoms with Gasteiger partial charge in [-0.05, 0) is 43.3 Å². The van der Waals surface area contributed by atoms with Crippen molar-refractivity contribution < 1.29 is 23.6 Å². The summed E-state index contributed by atoms with van der Waals surface area (Å²) in [5.74, 6) is 0. The maximum atomic E-state index is 12.5. The van der Waals surface area contributed by atoms with Gasteiger partial charge in [-0.2, -0.15) is 9.42 Å². The van der Waals surface area contributed by atoms with Gasteiger partial charge in [-0.15, -0.1) is 5.11 Å². The molecule has 12 heteroatoms. The molecule has 2 aromatic carbocycles. The van der Waals surface area contributed by atoms with Gasteiger partial charge in [-0.3, -0.25) is 10.1 Å². The van der Waals surface area contributed by atoms with E-state index in [0.717, 1.165) is 22.6 Å². The average Bonchev–Trinajstić information content (AvgIpc) is 2.76. The molecule has 0 unspecified atom stereocenters. The van der Waals surface area contributed by atoms with Crippen LogP contribution in [0.4, 0.5) is 22.7 Å². The predicted molar refractivity (Wildman–Crippen MR) is 116 cm³/mol. The highest BCUT2D eigenvalue weighted by Crippen LogP contribution is 2.32. The number of hydrogen-bond acceptors (Lipinski definition) is 9. The summed E-state index contributed by atoms with van der Waals surface area (Å²) in [5.41, 5.74) is 0.757. The van der Waals surface area contributed by atoms with Crippen molar-refractivity contribution >= 4 is 32.8 Å². The molecular formula is C19H25N5O6S. The zero-order valence-corrected chi connectivity index (χ0v) is 18.1. The molecule has 0 bridgehead atoms. The number of rotatable bonds is 11. The van der Waals surface area contributed by atoms with E-state index in [-0.39, 0.29) is 30.3 Å². The van der Waals surface area contributed by atoms with E-state index in [9.17, 15) is 18.5 Å². The highest BCUT2D eigenvalue weighted by atomic mass is 32.2. The first-order chi connectivity index (χ1) is 14.7. The van der Waals surface area contributed by atoms with Gasteiger partial charge < -0.3 is 15.1 Å². The van der Waals surface area contributed by atoms with Gasteiger partial charge in [-0.25, -0.2) is 8.42 Å². The van der Waals surface area contributed by atoms with Crippen LogP contribution in [0.2, 0.25) is 0 Å². The first-order valence-electron chi connectivity index (χ1n) is 9.47. The maximum absolute atomic E-state index is 12.5. The van der Waals surface area contributed by atoms with Crippen molar-refractivity contribution in [2.45, 2.75) is 11.8 Å². The lowest BCUT2D eigenvalue weighted by Gasteiger charge is -2.21. The largest absolute Gasteiger partial charge is 0.395 e. The third kappa shape index (κ3) is 6.04. The Bertz CT molecular complexity index is 1030. The number of nitro groups is 1. The summed E-state index contributed by atoms with van der Waals surface area (Å²) in [4.78, 5) is 12.4. The van der Waals surface area contributed by atoms with Crippen molar-refractivity contribution in [2.75, 3.05) is 44.8 Å². The van der Waals surface area contributed by atoms with Gasteiger partial charge in [0.15, 0.2) is 5.69 Å². The van der Waals surface area contributed by atoms with Crippen LogP contribution in [0.5, 0.6) is 0 Å². The molecular weight excluding hydrogens is 426 g/mol. The second-order valence-electron chi connectivity index (χ2n) is 6.48. The molecule has 0 aliphatic rings. The number of hydrogen-bond donors (Lipinski definition) is 2. The summed E-state index contributed by atoms with van der Waals surface area (Å²) in [7, 11) is -2.71. The number of azo groups is 1. The van der Waals surface area contributed by atoms with E-state index < -0.39 is 20.6 Å².